The molecule has 4 saturated carbocycles. The molecule has 4 rings (SSSR count). The number of hydrogen-bond acceptors (Lipinski definition) is 1. The molecular formula is C11H16NO. The molecule has 4 atom stereocenters. The van der Waals surface area contributed by atoms with Crippen molar-refractivity contribution in [2.24, 2.45) is 28.9 Å². The van der Waals surface area contributed by atoms with Crippen LogP contribution in [0.4, 0.5) is 0 Å². The fourth-order valence-corrected chi connectivity index (χ4v) is 4.07. The summed E-state index contributed by atoms with van der Waals surface area (Å²) in [4.78, 5) is 11.5. The molecule has 2 N–H and O–H groups in total. The van der Waals surface area contributed by atoms with Gasteiger partial charge in [0, 0.05) is 5.41 Å². The maximum absolute atomic E-state index is 11.5. The van der Waals surface area contributed by atoms with Crippen LogP contribution in [0.2, 0.25) is 0 Å². The Bertz CT molecular complexity index is 224. The van der Waals surface area contributed by atoms with Gasteiger partial charge in [-0.25, -0.2) is 0 Å². The second kappa shape index (κ2) is 2.28. The Kier molecular flexibility index (Phi) is 1.38. The van der Waals surface area contributed by atoms with Crippen molar-refractivity contribution in [1.29, 1.82) is 0 Å². The summed E-state index contributed by atoms with van der Waals surface area (Å²) >= 11 is 0. The highest BCUT2D eigenvalue weighted by molar-refractivity contribution is 5.81. The molecule has 2 heteroatoms. The van der Waals surface area contributed by atoms with Gasteiger partial charge in [0.15, 0.2) is 0 Å². The van der Waals surface area contributed by atoms with Crippen molar-refractivity contribution >= 4 is 5.91 Å². The maximum atomic E-state index is 11.5. The topological polar surface area (TPSA) is 43.1 Å². The molecule has 2 nitrogen and oxygen atoms in total. The minimum atomic E-state index is -0.0920. The summed E-state index contributed by atoms with van der Waals surface area (Å²) in [5.41, 5.74) is 5.45. The van der Waals surface area contributed by atoms with Gasteiger partial charge in [-0.05, 0) is 56.3 Å². The van der Waals surface area contributed by atoms with Crippen LogP contribution in [0.5, 0.6) is 0 Å². The van der Waals surface area contributed by atoms with E-state index in [0.29, 0.717) is 11.8 Å². The number of amides is 1. The summed E-state index contributed by atoms with van der Waals surface area (Å²) in [6.07, 6.45) is 8.32. The molecule has 0 spiro atoms. The van der Waals surface area contributed by atoms with Crippen molar-refractivity contribution in [3.05, 3.63) is 6.42 Å². The third-order valence-corrected chi connectivity index (χ3v) is 4.32. The fraction of sp³-hybridized carbons (Fsp3) is 0.818. The van der Waals surface area contributed by atoms with Crippen molar-refractivity contribution in [2.45, 2.75) is 32.1 Å². The van der Waals surface area contributed by atoms with E-state index >= 15 is 0 Å². The lowest BCUT2D eigenvalue weighted by molar-refractivity contribution is -0.138. The van der Waals surface area contributed by atoms with Crippen LogP contribution in [0.1, 0.15) is 32.1 Å². The Morgan fingerprint density at radius 1 is 1.23 bits per heavy atom. The van der Waals surface area contributed by atoms with Gasteiger partial charge in [-0.15, -0.1) is 0 Å². The molecule has 4 bridgehead atoms. The first-order valence-corrected chi connectivity index (χ1v) is 5.33. The van der Waals surface area contributed by atoms with E-state index in [0.717, 1.165) is 25.2 Å². The van der Waals surface area contributed by atoms with Crippen LogP contribution < -0.4 is 5.73 Å². The van der Waals surface area contributed by atoms with E-state index in [1.165, 1.54) is 12.8 Å². The minimum absolute atomic E-state index is 0.0278. The SMILES string of the molecule is NC(=O)[C@@]12CC3[CH][C@@H](CC(C3)C1)C2. The molecule has 1 amide bonds. The second-order valence-corrected chi connectivity index (χ2v) is 5.31. The first-order valence-electron chi connectivity index (χ1n) is 5.33. The highest BCUT2D eigenvalue weighted by Crippen LogP contribution is 2.59. The first kappa shape index (κ1) is 7.84. The van der Waals surface area contributed by atoms with E-state index in [-0.39, 0.29) is 11.3 Å². The zero-order valence-corrected chi connectivity index (χ0v) is 7.83. The van der Waals surface area contributed by atoms with Crippen molar-refractivity contribution in [3.8, 4) is 0 Å². The van der Waals surface area contributed by atoms with Crippen LogP contribution in [-0.2, 0) is 4.79 Å². The summed E-state index contributed by atoms with van der Waals surface area (Å²) in [6, 6.07) is 0. The molecule has 0 aliphatic heterocycles. The molecule has 1 radical (unpaired) electrons. The third-order valence-electron chi connectivity index (χ3n) is 4.32. The molecule has 4 aliphatic rings. The van der Waals surface area contributed by atoms with Crippen LogP contribution in [0.15, 0.2) is 0 Å². The summed E-state index contributed by atoms with van der Waals surface area (Å²) in [6.45, 7) is 0. The van der Waals surface area contributed by atoms with Gasteiger partial charge in [0.05, 0.1) is 0 Å². The molecule has 0 aromatic rings. The van der Waals surface area contributed by atoms with Gasteiger partial charge in [-0.3, -0.25) is 4.79 Å². The Morgan fingerprint density at radius 3 is 2.31 bits per heavy atom. The van der Waals surface area contributed by atoms with E-state index in [1.54, 1.807) is 0 Å². The standard InChI is InChI=1S/C11H16NO/c12-10(13)11-4-7-1-8(5-11)3-9(2-7)6-11/h1,7-9H,2-6H2,(H2,12,13)/t7-,8?,9?,11-/m0/s1. The lowest BCUT2D eigenvalue weighted by Gasteiger charge is -2.55. The lowest BCUT2D eigenvalue weighted by Crippen LogP contribution is -2.52. The summed E-state index contributed by atoms with van der Waals surface area (Å²) in [5.74, 6) is 2.19. The lowest BCUT2D eigenvalue weighted by atomic mass is 9.49. The first-order chi connectivity index (χ1) is 6.18. The molecule has 0 heterocycles. The minimum Gasteiger partial charge on any atom is -0.369 e. The highest BCUT2D eigenvalue weighted by Gasteiger charge is 2.53. The van der Waals surface area contributed by atoms with Gasteiger partial charge in [-0.2, -0.15) is 0 Å². The molecule has 71 valence electrons. The van der Waals surface area contributed by atoms with Crippen molar-refractivity contribution in [1.82, 2.24) is 0 Å². The molecule has 13 heavy (non-hydrogen) atoms. The Labute approximate surface area is 78.9 Å². The molecule has 0 saturated heterocycles. The van der Waals surface area contributed by atoms with Crippen LogP contribution in [0.3, 0.4) is 0 Å². The largest absolute Gasteiger partial charge is 0.369 e. The predicted molar refractivity (Wildman–Crippen MR) is 49.5 cm³/mol. The Morgan fingerprint density at radius 2 is 1.85 bits per heavy atom. The average Bonchev–Trinajstić information content (AvgIpc) is 2.00. The average molecular weight is 178 g/mol. The third kappa shape index (κ3) is 0.976. The summed E-state index contributed by atoms with van der Waals surface area (Å²) in [5, 5.41) is 0. The van der Waals surface area contributed by atoms with Gasteiger partial charge in [-0.1, -0.05) is 0 Å². The fourth-order valence-electron chi connectivity index (χ4n) is 4.07. The Hall–Kier alpha value is -0.530. The van der Waals surface area contributed by atoms with E-state index < -0.39 is 0 Å². The number of carbonyl (C=O) groups excluding carboxylic acids is 1. The van der Waals surface area contributed by atoms with Crippen molar-refractivity contribution in [2.75, 3.05) is 0 Å². The van der Waals surface area contributed by atoms with Gasteiger partial charge in [0.1, 0.15) is 0 Å². The quantitative estimate of drug-likeness (QED) is 0.649. The predicted octanol–water partition coefficient (Wildman–Crippen LogP) is 1.50. The van der Waals surface area contributed by atoms with Gasteiger partial charge < -0.3 is 5.73 Å². The number of rotatable bonds is 1. The van der Waals surface area contributed by atoms with Crippen LogP contribution in [0.25, 0.3) is 0 Å². The Balaban J connectivity index is 1.95. The smallest absolute Gasteiger partial charge is 0.223 e. The maximum Gasteiger partial charge on any atom is 0.223 e. The van der Waals surface area contributed by atoms with E-state index in [2.05, 4.69) is 6.42 Å². The molecule has 4 fully saturated rings. The number of nitrogens with two attached hydrogens (primary N) is 1. The summed E-state index contributed by atoms with van der Waals surface area (Å²) < 4.78 is 0. The number of carbonyl (C=O) groups is 1. The zero-order chi connectivity index (χ0) is 9.05. The molecule has 0 aromatic carbocycles. The molecule has 0 aromatic heterocycles. The highest BCUT2D eigenvalue weighted by atomic mass is 16.1. The van der Waals surface area contributed by atoms with Gasteiger partial charge >= 0.3 is 0 Å². The van der Waals surface area contributed by atoms with Crippen LogP contribution in [0, 0.1) is 29.6 Å². The van der Waals surface area contributed by atoms with E-state index in [1.807, 2.05) is 0 Å². The molecule has 2 unspecified atom stereocenters. The monoisotopic (exact) mass is 178 g/mol. The van der Waals surface area contributed by atoms with E-state index in [4.69, 9.17) is 5.73 Å². The van der Waals surface area contributed by atoms with Crippen LogP contribution >= 0.6 is 0 Å². The van der Waals surface area contributed by atoms with Gasteiger partial charge in [0.2, 0.25) is 5.91 Å². The van der Waals surface area contributed by atoms with Gasteiger partial charge in [0.25, 0.3) is 0 Å². The normalized spacial score (nSPS) is 52.5. The number of primary amides is 1. The zero-order valence-electron chi connectivity index (χ0n) is 7.83. The second-order valence-electron chi connectivity index (χ2n) is 5.31. The van der Waals surface area contributed by atoms with Crippen molar-refractivity contribution < 1.29 is 4.79 Å². The van der Waals surface area contributed by atoms with Crippen LogP contribution in [-0.4, -0.2) is 5.91 Å². The molecular weight excluding hydrogens is 162 g/mol. The molecule has 4 aliphatic carbocycles. The summed E-state index contributed by atoms with van der Waals surface area (Å²) in [7, 11) is 0. The van der Waals surface area contributed by atoms with Crippen molar-refractivity contribution in [3.63, 3.8) is 0 Å². The number of hydrogen-bond donors (Lipinski definition) is 1. The van der Waals surface area contributed by atoms with E-state index in [9.17, 15) is 4.79 Å².